The van der Waals surface area contributed by atoms with Crippen molar-refractivity contribution in [3.05, 3.63) is 57.6 Å². The van der Waals surface area contributed by atoms with Crippen molar-refractivity contribution >= 4 is 55.8 Å². The number of thiazole rings is 1. The molecule has 0 aliphatic heterocycles. The maximum absolute atomic E-state index is 12.5. The van der Waals surface area contributed by atoms with Crippen LogP contribution in [0.15, 0.2) is 36.4 Å². The summed E-state index contributed by atoms with van der Waals surface area (Å²) in [6, 6.07) is 11.5. The second-order valence-electron chi connectivity index (χ2n) is 6.13. The van der Waals surface area contributed by atoms with Crippen LogP contribution in [0, 0.1) is 12.8 Å². The van der Waals surface area contributed by atoms with Crippen molar-refractivity contribution in [3.63, 3.8) is 0 Å². The van der Waals surface area contributed by atoms with Crippen molar-refractivity contribution in [2.24, 2.45) is 5.92 Å². The molecule has 0 bridgehead atoms. The first-order valence-corrected chi connectivity index (χ1v) is 9.21. The Hall–Kier alpha value is -1.62. The summed E-state index contributed by atoms with van der Waals surface area (Å²) in [5.74, 6) is 0.137. The number of halogens is 2. The van der Waals surface area contributed by atoms with Crippen LogP contribution in [0.1, 0.15) is 23.5 Å². The molecule has 1 aliphatic carbocycles. The molecular formula is C18H14Cl2N2OS. The van der Waals surface area contributed by atoms with E-state index in [4.69, 9.17) is 23.2 Å². The molecule has 24 heavy (non-hydrogen) atoms. The lowest BCUT2D eigenvalue weighted by Gasteiger charge is -2.03. The number of anilines is 1. The maximum Gasteiger partial charge on any atom is 0.229 e. The van der Waals surface area contributed by atoms with Crippen LogP contribution in [0.4, 0.5) is 5.13 Å². The Labute approximate surface area is 153 Å². The summed E-state index contributed by atoms with van der Waals surface area (Å²) in [6.45, 7) is 2.04. The van der Waals surface area contributed by atoms with E-state index in [1.807, 2.05) is 31.2 Å². The minimum absolute atomic E-state index is 0.00637. The number of hydrogen-bond donors (Lipinski definition) is 1. The van der Waals surface area contributed by atoms with Crippen LogP contribution >= 0.6 is 34.5 Å². The van der Waals surface area contributed by atoms with Crippen LogP contribution < -0.4 is 5.32 Å². The van der Waals surface area contributed by atoms with Gasteiger partial charge in [0.2, 0.25) is 5.91 Å². The van der Waals surface area contributed by atoms with E-state index in [2.05, 4.69) is 16.4 Å². The molecule has 4 rings (SSSR count). The monoisotopic (exact) mass is 376 g/mol. The summed E-state index contributed by atoms with van der Waals surface area (Å²) >= 11 is 13.6. The predicted molar refractivity (Wildman–Crippen MR) is 100 cm³/mol. The fourth-order valence-corrected chi connectivity index (χ4v) is 4.44. The van der Waals surface area contributed by atoms with Crippen molar-refractivity contribution in [2.45, 2.75) is 19.3 Å². The number of benzene rings is 2. The Morgan fingerprint density at radius 2 is 1.96 bits per heavy atom. The number of rotatable bonds is 3. The van der Waals surface area contributed by atoms with Gasteiger partial charge in [-0.1, -0.05) is 40.6 Å². The minimum atomic E-state index is -0.0479. The molecule has 1 N–H and O–H groups in total. The predicted octanol–water partition coefficient (Wildman–Crippen LogP) is 5.65. The lowest BCUT2D eigenvalue weighted by Crippen LogP contribution is -2.14. The lowest BCUT2D eigenvalue weighted by molar-refractivity contribution is -0.117. The van der Waals surface area contributed by atoms with Crippen LogP contribution in [0.25, 0.3) is 10.2 Å². The van der Waals surface area contributed by atoms with Gasteiger partial charge >= 0.3 is 0 Å². The fourth-order valence-electron chi connectivity index (χ4n) is 2.93. The van der Waals surface area contributed by atoms with Gasteiger partial charge in [-0.25, -0.2) is 4.98 Å². The second-order valence-corrected chi connectivity index (χ2v) is 8.03. The minimum Gasteiger partial charge on any atom is -0.302 e. The van der Waals surface area contributed by atoms with Crippen LogP contribution in [0.2, 0.25) is 10.0 Å². The number of aryl methyl sites for hydroxylation is 1. The Balaban J connectivity index is 1.48. The lowest BCUT2D eigenvalue weighted by atomic mass is 10.1. The van der Waals surface area contributed by atoms with E-state index in [-0.39, 0.29) is 17.7 Å². The Morgan fingerprint density at radius 3 is 2.71 bits per heavy atom. The number of amides is 1. The van der Waals surface area contributed by atoms with E-state index in [0.717, 1.165) is 22.2 Å². The van der Waals surface area contributed by atoms with Gasteiger partial charge in [0.25, 0.3) is 0 Å². The van der Waals surface area contributed by atoms with Crippen LogP contribution in [-0.4, -0.2) is 10.9 Å². The maximum atomic E-state index is 12.5. The number of fused-ring (bicyclic) bond motifs is 1. The van der Waals surface area contributed by atoms with Gasteiger partial charge < -0.3 is 5.32 Å². The largest absolute Gasteiger partial charge is 0.302 e. The van der Waals surface area contributed by atoms with Gasteiger partial charge in [-0.15, -0.1) is 0 Å². The highest BCUT2D eigenvalue weighted by atomic mass is 35.5. The van der Waals surface area contributed by atoms with Crippen LogP contribution in [0.5, 0.6) is 0 Å². The number of hydrogen-bond acceptors (Lipinski definition) is 3. The number of carbonyl (C=O) groups excluding carboxylic acids is 1. The highest BCUT2D eigenvalue weighted by Crippen LogP contribution is 2.49. The first-order chi connectivity index (χ1) is 11.5. The SMILES string of the molecule is Cc1ccc2nc(NC(=O)[C@@H]3C[C@H]3c3cc(Cl)cc(Cl)c3)sc2c1. The normalized spacial score (nSPS) is 19.5. The third kappa shape index (κ3) is 3.14. The van der Waals surface area contributed by atoms with Gasteiger partial charge in [0.15, 0.2) is 5.13 Å². The van der Waals surface area contributed by atoms with Gasteiger partial charge in [0.05, 0.1) is 10.2 Å². The molecule has 1 saturated carbocycles. The second kappa shape index (κ2) is 6.03. The van der Waals surface area contributed by atoms with Crippen LogP contribution in [-0.2, 0) is 4.79 Å². The highest BCUT2D eigenvalue weighted by Gasteiger charge is 2.44. The number of nitrogens with zero attached hydrogens (tertiary/aromatic N) is 1. The molecule has 2 aromatic carbocycles. The first-order valence-electron chi connectivity index (χ1n) is 7.63. The third-order valence-electron chi connectivity index (χ3n) is 4.21. The van der Waals surface area contributed by atoms with Gasteiger partial charge in [-0.05, 0) is 60.7 Å². The molecule has 1 fully saturated rings. The highest BCUT2D eigenvalue weighted by molar-refractivity contribution is 7.22. The molecule has 0 saturated heterocycles. The summed E-state index contributed by atoms with van der Waals surface area (Å²) in [6.07, 6.45) is 0.812. The number of nitrogens with one attached hydrogen (secondary N) is 1. The molecule has 0 unspecified atom stereocenters. The van der Waals surface area contributed by atoms with Gasteiger partial charge in [-0.3, -0.25) is 4.79 Å². The molecule has 6 heteroatoms. The van der Waals surface area contributed by atoms with Gasteiger partial charge in [-0.2, -0.15) is 0 Å². The van der Waals surface area contributed by atoms with Crippen molar-refractivity contribution in [1.29, 1.82) is 0 Å². The number of carbonyl (C=O) groups is 1. The topological polar surface area (TPSA) is 42.0 Å². The molecule has 1 amide bonds. The average Bonchev–Trinajstić information content (AvgIpc) is 3.21. The molecule has 3 nitrogen and oxygen atoms in total. The summed E-state index contributed by atoms with van der Waals surface area (Å²) in [5, 5.41) is 4.80. The quantitative estimate of drug-likeness (QED) is 0.641. The standard InChI is InChI=1S/C18H14Cl2N2OS/c1-9-2-3-15-16(4-9)24-18(21-15)22-17(23)14-8-13(14)10-5-11(19)7-12(20)6-10/h2-7,13-14H,8H2,1H3,(H,21,22,23)/t13-,14+/m0/s1. The zero-order valence-corrected chi connectivity index (χ0v) is 15.2. The Morgan fingerprint density at radius 1 is 1.21 bits per heavy atom. The van der Waals surface area contributed by atoms with E-state index in [1.54, 1.807) is 6.07 Å². The van der Waals surface area contributed by atoms with Crippen LogP contribution in [0.3, 0.4) is 0 Å². The Bertz CT molecular complexity index is 933. The molecular weight excluding hydrogens is 363 g/mol. The van der Waals surface area contributed by atoms with E-state index in [9.17, 15) is 4.79 Å². The summed E-state index contributed by atoms with van der Waals surface area (Å²) in [5.41, 5.74) is 3.12. The Kier molecular flexibility index (Phi) is 3.99. The molecule has 1 aliphatic rings. The average molecular weight is 377 g/mol. The molecule has 2 atom stereocenters. The fraction of sp³-hybridized carbons (Fsp3) is 0.222. The zero-order valence-electron chi connectivity index (χ0n) is 12.8. The van der Waals surface area contributed by atoms with Crippen molar-refractivity contribution in [1.82, 2.24) is 4.98 Å². The molecule has 122 valence electrons. The smallest absolute Gasteiger partial charge is 0.229 e. The van der Waals surface area contributed by atoms with E-state index < -0.39 is 0 Å². The van der Waals surface area contributed by atoms with Gasteiger partial charge in [0.1, 0.15) is 0 Å². The van der Waals surface area contributed by atoms with E-state index in [0.29, 0.717) is 15.2 Å². The zero-order chi connectivity index (χ0) is 16.8. The molecule has 1 aromatic heterocycles. The van der Waals surface area contributed by atoms with Crippen molar-refractivity contribution < 1.29 is 4.79 Å². The van der Waals surface area contributed by atoms with Gasteiger partial charge in [0, 0.05) is 16.0 Å². The summed E-state index contributed by atoms with van der Waals surface area (Å²) in [4.78, 5) is 16.9. The summed E-state index contributed by atoms with van der Waals surface area (Å²) in [7, 11) is 0. The van der Waals surface area contributed by atoms with E-state index >= 15 is 0 Å². The molecule has 0 spiro atoms. The van der Waals surface area contributed by atoms with Crippen molar-refractivity contribution in [2.75, 3.05) is 5.32 Å². The van der Waals surface area contributed by atoms with Crippen molar-refractivity contribution in [3.8, 4) is 0 Å². The first kappa shape index (κ1) is 15.9. The summed E-state index contributed by atoms with van der Waals surface area (Å²) < 4.78 is 1.08. The number of aromatic nitrogens is 1. The molecule has 0 radical (unpaired) electrons. The third-order valence-corrected chi connectivity index (χ3v) is 5.58. The molecule has 3 aromatic rings. The van der Waals surface area contributed by atoms with E-state index in [1.165, 1.54) is 16.9 Å². The molecule has 1 heterocycles.